The molecule has 1 aromatic carbocycles. The first-order valence-corrected chi connectivity index (χ1v) is 11.2. The number of ether oxygens (including phenoxy) is 2. The Morgan fingerprint density at radius 2 is 1.97 bits per heavy atom. The fourth-order valence-corrected chi connectivity index (χ4v) is 5.00. The van der Waals surface area contributed by atoms with E-state index in [1.165, 1.54) is 0 Å². The van der Waals surface area contributed by atoms with Crippen LogP contribution in [0.2, 0.25) is 0 Å². The number of anilines is 2. The normalized spacial score (nSPS) is 25.9. The van der Waals surface area contributed by atoms with Crippen LogP contribution in [-0.2, 0) is 9.47 Å². The number of aromatic nitrogens is 3. The highest BCUT2D eigenvalue weighted by atomic mass is 16.5. The van der Waals surface area contributed by atoms with Crippen molar-refractivity contribution in [2.75, 3.05) is 49.3 Å². The van der Waals surface area contributed by atoms with Gasteiger partial charge in [0.25, 0.3) is 0 Å². The summed E-state index contributed by atoms with van der Waals surface area (Å²) in [6, 6.07) is 12.6. The zero-order valence-corrected chi connectivity index (χ0v) is 17.8. The van der Waals surface area contributed by atoms with Gasteiger partial charge in [-0.25, -0.2) is 4.98 Å². The maximum atomic E-state index is 5.92. The van der Waals surface area contributed by atoms with Gasteiger partial charge in [0.15, 0.2) is 0 Å². The van der Waals surface area contributed by atoms with E-state index in [9.17, 15) is 0 Å². The molecule has 2 unspecified atom stereocenters. The number of nitrogens with zero attached hydrogens (tertiary/aromatic N) is 5. The van der Waals surface area contributed by atoms with E-state index in [0.29, 0.717) is 25.2 Å². The van der Waals surface area contributed by atoms with Crippen LogP contribution >= 0.6 is 0 Å². The van der Waals surface area contributed by atoms with E-state index in [1.807, 2.05) is 24.4 Å². The van der Waals surface area contributed by atoms with Gasteiger partial charge >= 0.3 is 0 Å². The van der Waals surface area contributed by atoms with Crippen LogP contribution in [0.15, 0.2) is 42.6 Å². The minimum atomic E-state index is 0.259. The molecule has 0 radical (unpaired) electrons. The quantitative estimate of drug-likeness (QED) is 0.649. The van der Waals surface area contributed by atoms with Crippen LogP contribution in [0.4, 0.5) is 11.8 Å². The standard InChI is InChI=1S/C24H27N5O2/c1-16-14-30-8-7-29(16)23-20-11-25-21(18-5-3-2-4-6-18)10-22(20)26-24(27-23)28-12-17-9-19(13-28)31-15-17/h2-6,10-11,16-17,19H,7-9,12-15H2,1H3/t16-,17?,19?/m0/s1. The Balaban J connectivity index is 1.47. The summed E-state index contributed by atoms with van der Waals surface area (Å²) in [5.41, 5.74) is 2.96. The molecule has 160 valence electrons. The summed E-state index contributed by atoms with van der Waals surface area (Å²) in [5, 5.41) is 0.994. The van der Waals surface area contributed by atoms with Gasteiger partial charge in [0.05, 0.1) is 48.6 Å². The van der Waals surface area contributed by atoms with Crippen LogP contribution < -0.4 is 9.80 Å². The maximum absolute atomic E-state index is 5.92. The lowest BCUT2D eigenvalue weighted by molar-refractivity contribution is 0.0987. The van der Waals surface area contributed by atoms with Gasteiger partial charge in [-0.1, -0.05) is 30.3 Å². The molecule has 7 heteroatoms. The summed E-state index contributed by atoms with van der Waals surface area (Å²) in [6.45, 7) is 7.09. The molecule has 0 N–H and O–H groups in total. The van der Waals surface area contributed by atoms with Crippen molar-refractivity contribution >= 4 is 22.7 Å². The Morgan fingerprint density at radius 3 is 2.81 bits per heavy atom. The molecule has 3 aliphatic heterocycles. The summed E-state index contributed by atoms with van der Waals surface area (Å²) in [6.07, 6.45) is 3.38. The number of morpholine rings is 1. The molecule has 2 bridgehead atoms. The molecule has 3 atom stereocenters. The third kappa shape index (κ3) is 3.51. The van der Waals surface area contributed by atoms with E-state index in [4.69, 9.17) is 24.4 Å². The average molecular weight is 418 g/mol. The molecular formula is C24H27N5O2. The minimum absolute atomic E-state index is 0.259. The van der Waals surface area contributed by atoms with Crippen molar-refractivity contribution < 1.29 is 9.47 Å². The zero-order valence-electron chi connectivity index (χ0n) is 17.8. The molecule has 7 nitrogen and oxygen atoms in total. The van der Waals surface area contributed by atoms with E-state index < -0.39 is 0 Å². The molecule has 0 spiro atoms. The highest BCUT2D eigenvalue weighted by Gasteiger charge is 2.35. The lowest BCUT2D eigenvalue weighted by atomic mass is 10.0. The van der Waals surface area contributed by atoms with Crippen LogP contribution in [0.25, 0.3) is 22.2 Å². The van der Waals surface area contributed by atoms with Gasteiger partial charge in [0, 0.05) is 37.3 Å². The Morgan fingerprint density at radius 1 is 1.06 bits per heavy atom. The number of piperidine rings is 1. The van der Waals surface area contributed by atoms with Crippen molar-refractivity contribution in [2.24, 2.45) is 5.92 Å². The number of hydrogen-bond acceptors (Lipinski definition) is 7. The minimum Gasteiger partial charge on any atom is -0.377 e. The third-order valence-electron chi connectivity index (χ3n) is 6.61. The van der Waals surface area contributed by atoms with E-state index in [0.717, 1.165) is 66.6 Å². The first-order chi connectivity index (χ1) is 15.2. The van der Waals surface area contributed by atoms with Crippen LogP contribution in [0.3, 0.4) is 0 Å². The van der Waals surface area contributed by atoms with Crippen molar-refractivity contribution in [3.63, 3.8) is 0 Å². The summed E-state index contributed by atoms with van der Waals surface area (Å²) >= 11 is 0. The zero-order chi connectivity index (χ0) is 20.8. The molecule has 0 saturated carbocycles. The molecule has 31 heavy (non-hydrogen) atoms. The fraction of sp³-hybridized carbons (Fsp3) is 0.458. The van der Waals surface area contributed by atoms with Crippen molar-refractivity contribution in [1.82, 2.24) is 15.0 Å². The van der Waals surface area contributed by atoms with Crippen molar-refractivity contribution in [3.05, 3.63) is 42.6 Å². The van der Waals surface area contributed by atoms with Crippen molar-refractivity contribution in [2.45, 2.75) is 25.5 Å². The van der Waals surface area contributed by atoms with E-state index in [1.54, 1.807) is 0 Å². The number of fused-ring (bicyclic) bond motifs is 3. The summed E-state index contributed by atoms with van der Waals surface area (Å²) < 4.78 is 11.6. The molecule has 0 aliphatic carbocycles. The van der Waals surface area contributed by atoms with Gasteiger partial charge in [-0.05, 0) is 19.4 Å². The predicted octanol–water partition coefficient (Wildman–Crippen LogP) is 3.14. The largest absolute Gasteiger partial charge is 0.377 e. The van der Waals surface area contributed by atoms with Gasteiger partial charge < -0.3 is 19.3 Å². The number of benzene rings is 1. The predicted molar refractivity (Wildman–Crippen MR) is 120 cm³/mol. The Labute approximate surface area is 182 Å². The SMILES string of the molecule is C[C@H]1COCCN1c1nc(N2CC3COC(C3)C2)nc2cc(-c3ccccc3)ncc12. The van der Waals surface area contributed by atoms with Gasteiger partial charge in [0.1, 0.15) is 5.82 Å². The maximum Gasteiger partial charge on any atom is 0.228 e. The second-order valence-corrected chi connectivity index (χ2v) is 8.88. The second kappa shape index (κ2) is 7.73. The lowest BCUT2D eigenvalue weighted by Crippen LogP contribution is -2.45. The van der Waals surface area contributed by atoms with Gasteiger partial charge in [-0.15, -0.1) is 0 Å². The molecule has 5 heterocycles. The lowest BCUT2D eigenvalue weighted by Gasteiger charge is -2.36. The topological polar surface area (TPSA) is 63.6 Å². The van der Waals surface area contributed by atoms with E-state index in [2.05, 4.69) is 34.9 Å². The molecule has 0 amide bonds. The third-order valence-corrected chi connectivity index (χ3v) is 6.61. The highest BCUT2D eigenvalue weighted by molar-refractivity contribution is 5.92. The van der Waals surface area contributed by atoms with Crippen LogP contribution in [0.5, 0.6) is 0 Å². The summed E-state index contributed by atoms with van der Waals surface area (Å²) in [4.78, 5) is 19.5. The van der Waals surface area contributed by atoms with E-state index >= 15 is 0 Å². The smallest absolute Gasteiger partial charge is 0.228 e. The summed E-state index contributed by atoms with van der Waals surface area (Å²) in [5.74, 6) is 2.33. The molecule has 3 aromatic rings. The molecule has 2 aromatic heterocycles. The molecular weight excluding hydrogens is 390 g/mol. The Hall–Kier alpha value is -2.77. The Kier molecular flexibility index (Phi) is 4.73. The first kappa shape index (κ1) is 19.0. The van der Waals surface area contributed by atoms with Gasteiger partial charge in [0.2, 0.25) is 5.95 Å². The van der Waals surface area contributed by atoms with Crippen LogP contribution in [-0.4, -0.2) is 66.6 Å². The second-order valence-electron chi connectivity index (χ2n) is 8.88. The highest BCUT2D eigenvalue weighted by Crippen LogP contribution is 2.34. The monoisotopic (exact) mass is 417 g/mol. The average Bonchev–Trinajstić information content (AvgIpc) is 3.16. The molecule has 3 saturated heterocycles. The Bertz CT molecular complexity index is 1080. The van der Waals surface area contributed by atoms with Crippen LogP contribution in [0, 0.1) is 5.92 Å². The van der Waals surface area contributed by atoms with Gasteiger partial charge in [-0.2, -0.15) is 4.98 Å². The first-order valence-electron chi connectivity index (χ1n) is 11.2. The fourth-order valence-electron chi connectivity index (χ4n) is 5.00. The number of pyridine rings is 1. The van der Waals surface area contributed by atoms with Crippen molar-refractivity contribution in [3.8, 4) is 11.3 Å². The molecule has 3 aliphatic rings. The molecule has 6 rings (SSSR count). The van der Waals surface area contributed by atoms with Gasteiger partial charge in [-0.3, -0.25) is 4.98 Å². The number of hydrogen-bond donors (Lipinski definition) is 0. The van der Waals surface area contributed by atoms with E-state index in [-0.39, 0.29) is 6.04 Å². The summed E-state index contributed by atoms with van der Waals surface area (Å²) in [7, 11) is 0. The van der Waals surface area contributed by atoms with Crippen molar-refractivity contribution in [1.29, 1.82) is 0 Å². The number of rotatable bonds is 3. The van der Waals surface area contributed by atoms with Crippen LogP contribution in [0.1, 0.15) is 13.3 Å². The molecule has 3 fully saturated rings.